The van der Waals surface area contributed by atoms with Gasteiger partial charge in [0, 0.05) is 13.2 Å². The number of fused-ring (bicyclic) bond motifs is 1. The maximum atomic E-state index is 5.55. The van der Waals surface area contributed by atoms with Crippen molar-refractivity contribution in [1.29, 1.82) is 0 Å². The van der Waals surface area contributed by atoms with Crippen LogP contribution in [0.5, 0.6) is 0 Å². The number of thiocarbonyl (C=S) groups is 1. The van der Waals surface area contributed by atoms with Crippen LogP contribution in [0.4, 0.5) is 0 Å². The minimum atomic E-state index is 0.264. The fourth-order valence-electron chi connectivity index (χ4n) is 2.66. The van der Waals surface area contributed by atoms with Crippen molar-refractivity contribution in [2.24, 2.45) is 5.10 Å². The van der Waals surface area contributed by atoms with Gasteiger partial charge in [0.1, 0.15) is 0 Å². The van der Waals surface area contributed by atoms with Gasteiger partial charge in [-0.15, -0.1) is 0 Å². The molecular weight excluding hydrogens is 306 g/mol. The van der Waals surface area contributed by atoms with Gasteiger partial charge in [0.25, 0.3) is 0 Å². The van der Waals surface area contributed by atoms with Gasteiger partial charge in [-0.1, -0.05) is 36.4 Å². The highest BCUT2D eigenvalue weighted by Gasteiger charge is 2.15. The Balaban J connectivity index is 1.58. The van der Waals surface area contributed by atoms with Crippen LogP contribution in [-0.4, -0.2) is 30.1 Å². The first-order valence-corrected chi connectivity index (χ1v) is 8.32. The van der Waals surface area contributed by atoms with Crippen LogP contribution >= 0.6 is 12.2 Å². The maximum Gasteiger partial charge on any atom is 0.187 e. The molecule has 0 amide bonds. The van der Waals surface area contributed by atoms with E-state index in [2.05, 4.69) is 46.2 Å². The van der Waals surface area contributed by atoms with Gasteiger partial charge in [0.05, 0.1) is 11.8 Å². The number of hydrogen-bond donors (Lipinski definition) is 2. The van der Waals surface area contributed by atoms with Gasteiger partial charge in [0.2, 0.25) is 0 Å². The molecule has 1 aliphatic heterocycles. The molecule has 1 fully saturated rings. The topological polar surface area (TPSA) is 45.7 Å². The summed E-state index contributed by atoms with van der Waals surface area (Å²) < 4.78 is 5.55. The van der Waals surface area contributed by atoms with E-state index < -0.39 is 0 Å². The zero-order valence-electron chi connectivity index (χ0n) is 13.2. The lowest BCUT2D eigenvalue weighted by Gasteiger charge is -2.12. The third-order valence-electron chi connectivity index (χ3n) is 4.01. The second-order valence-corrected chi connectivity index (χ2v) is 6.12. The molecule has 0 aromatic heterocycles. The number of rotatable bonds is 4. The molecule has 2 N–H and O–H groups in total. The van der Waals surface area contributed by atoms with E-state index in [1.165, 1.54) is 10.8 Å². The van der Waals surface area contributed by atoms with E-state index in [-0.39, 0.29) is 6.10 Å². The monoisotopic (exact) mass is 327 g/mol. The SMILES string of the molecule is C/C(=N\NC(=S)NCC1CCCO1)c1ccc2ccccc2c1. The second kappa shape index (κ2) is 7.53. The number of ether oxygens (including phenoxy) is 1. The minimum absolute atomic E-state index is 0.264. The Morgan fingerprint density at radius 1 is 1.26 bits per heavy atom. The largest absolute Gasteiger partial charge is 0.376 e. The molecule has 120 valence electrons. The molecule has 0 spiro atoms. The number of nitrogens with zero attached hydrogens (tertiary/aromatic N) is 1. The van der Waals surface area contributed by atoms with Crippen molar-refractivity contribution in [2.75, 3.05) is 13.2 Å². The van der Waals surface area contributed by atoms with E-state index in [0.29, 0.717) is 5.11 Å². The molecule has 3 rings (SSSR count). The molecule has 23 heavy (non-hydrogen) atoms. The molecule has 1 aliphatic rings. The summed E-state index contributed by atoms with van der Waals surface area (Å²) in [6.07, 6.45) is 2.49. The smallest absolute Gasteiger partial charge is 0.187 e. The standard InChI is InChI=1S/C18H21N3OS/c1-13(15-9-8-14-5-2-3-6-16(14)11-15)20-21-18(23)19-12-17-7-4-10-22-17/h2-3,5-6,8-9,11,17H,4,7,10,12H2,1H3,(H2,19,21,23)/b20-13+. The van der Waals surface area contributed by atoms with Gasteiger partial charge < -0.3 is 10.1 Å². The molecule has 4 nitrogen and oxygen atoms in total. The highest BCUT2D eigenvalue weighted by Crippen LogP contribution is 2.16. The summed E-state index contributed by atoms with van der Waals surface area (Å²) in [7, 11) is 0. The van der Waals surface area contributed by atoms with Crippen molar-refractivity contribution < 1.29 is 4.74 Å². The summed E-state index contributed by atoms with van der Waals surface area (Å²) in [5.74, 6) is 0. The summed E-state index contributed by atoms with van der Waals surface area (Å²) in [6, 6.07) is 14.6. The van der Waals surface area contributed by atoms with Crippen LogP contribution < -0.4 is 10.7 Å². The molecule has 0 bridgehead atoms. The van der Waals surface area contributed by atoms with E-state index >= 15 is 0 Å². The van der Waals surface area contributed by atoms with Crippen molar-refractivity contribution in [2.45, 2.75) is 25.9 Å². The predicted molar refractivity (Wildman–Crippen MR) is 98.9 cm³/mol. The van der Waals surface area contributed by atoms with Gasteiger partial charge in [-0.25, -0.2) is 0 Å². The molecule has 0 saturated carbocycles. The summed E-state index contributed by atoms with van der Waals surface area (Å²) in [5.41, 5.74) is 4.89. The predicted octanol–water partition coefficient (Wildman–Crippen LogP) is 3.21. The lowest BCUT2D eigenvalue weighted by atomic mass is 10.0. The number of benzene rings is 2. The Hall–Kier alpha value is -1.98. The molecule has 1 saturated heterocycles. The third kappa shape index (κ3) is 4.27. The van der Waals surface area contributed by atoms with E-state index in [1.807, 2.05) is 19.1 Å². The summed E-state index contributed by atoms with van der Waals surface area (Å²) in [6.45, 7) is 3.56. The van der Waals surface area contributed by atoms with E-state index in [4.69, 9.17) is 17.0 Å². The highest BCUT2D eigenvalue weighted by molar-refractivity contribution is 7.80. The Morgan fingerprint density at radius 2 is 2.09 bits per heavy atom. The Morgan fingerprint density at radius 3 is 2.87 bits per heavy atom. The quantitative estimate of drug-likeness (QED) is 0.514. The Labute approximate surface area is 141 Å². The fourth-order valence-corrected chi connectivity index (χ4v) is 2.79. The highest BCUT2D eigenvalue weighted by atomic mass is 32.1. The van der Waals surface area contributed by atoms with Crippen LogP contribution in [0, 0.1) is 0 Å². The van der Waals surface area contributed by atoms with Crippen molar-refractivity contribution in [3.63, 3.8) is 0 Å². The molecule has 1 atom stereocenters. The first-order chi connectivity index (χ1) is 11.2. The van der Waals surface area contributed by atoms with Crippen LogP contribution in [0.1, 0.15) is 25.3 Å². The lowest BCUT2D eigenvalue weighted by Crippen LogP contribution is -2.37. The molecule has 5 heteroatoms. The van der Waals surface area contributed by atoms with Gasteiger partial charge in [-0.3, -0.25) is 5.43 Å². The molecule has 2 aromatic rings. The third-order valence-corrected chi connectivity index (χ3v) is 4.24. The van der Waals surface area contributed by atoms with Gasteiger partial charge in [-0.2, -0.15) is 5.10 Å². The summed E-state index contributed by atoms with van der Waals surface area (Å²) in [5, 5.41) is 10.5. The summed E-state index contributed by atoms with van der Waals surface area (Å²) >= 11 is 5.25. The number of nitrogens with one attached hydrogen (secondary N) is 2. The van der Waals surface area contributed by atoms with Crippen LogP contribution in [-0.2, 0) is 4.74 Å². The fraction of sp³-hybridized carbons (Fsp3) is 0.333. The van der Waals surface area contributed by atoms with E-state index in [0.717, 1.165) is 37.3 Å². The molecular formula is C18H21N3OS. The first-order valence-electron chi connectivity index (χ1n) is 7.91. The van der Waals surface area contributed by atoms with E-state index in [1.54, 1.807) is 0 Å². The average molecular weight is 327 g/mol. The Kier molecular flexibility index (Phi) is 5.20. The normalized spacial score (nSPS) is 18.1. The zero-order chi connectivity index (χ0) is 16.1. The molecule has 0 radical (unpaired) electrons. The minimum Gasteiger partial charge on any atom is -0.376 e. The average Bonchev–Trinajstić information content (AvgIpc) is 3.11. The van der Waals surface area contributed by atoms with Crippen molar-refractivity contribution >= 4 is 33.8 Å². The van der Waals surface area contributed by atoms with Gasteiger partial charge in [0.15, 0.2) is 5.11 Å². The number of hydrogen-bond acceptors (Lipinski definition) is 3. The van der Waals surface area contributed by atoms with Crippen molar-refractivity contribution in [3.05, 3.63) is 48.0 Å². The number of hydrazone groups is 1. The first kappa shape index (κ1) is 15.9. The van der Waals surface area contributed by atoms with Crippen molar-refractivity contribution in [3.8, 4) is 0 Å². The molecule has 0 aliphatic carbocycles. The van der Waals surface area contributed by atoms with Crippen molar-refractivity contribution in [1.82, 2.24) is 10.7 Å². The van der Waals surface area contributed by atoms with Crippen LogP contribution in [0.2, 0.25) is 0 Å². The Bertz CT molecular complexity index is 723. The lowest BCUT2D eigenvalue weighted by molar-refractivity contribution is 0.114. The van der Waals surface area contributed by atoms with Gasteiger partial charge >= 0.3 is 0 Å². The molecule has 1 heterocycles. The van der Waals surface area contributed by atoms with E-state index in [9.17, 15) is 0 Å². The van der Waals surface area contributed by atoms with Crippen LogP contribution in [0.15, 0.2) is 47.6 Å². The second-order valence-electron chi connectivity index (χ2n) is 5.72. The molecule has 2 aromatic carbocycles. The molecule has 1 unspecified atom stereocenters. The maximum absolute atomic E-state index is 5.55. The zero-order valence-corrected chi connectivity index (χ0v) is 14.0. The van der Waals surface area contributed by atoms with Crippen LogP contribution in [0.25, 0.3) is 10.8 Å². The van der Waals surface area contributed by atoms with Gasteiger partial charge in [-0.05, 0) is 54.4 Å². The van der Waals surface area contributed by atoms with Crippen LogP contribution in [0.3, 0.4) is 0 Å². The summed E-state index contributed by atoms with van der Waals surface area (Å²) in [4.78, 5) is 0.